The number of furan rings is 1. The number of rotatable bonds is 5. The van der Waals surface area contributed by atoms with E-state index < -0.39 is 0 Å². The fourth-order valence-corrected chi connectivity index (χ4v) is 3.49. The van der Waals surface area contributed by atoms with Crippen LogP contribution in [0, 0.1) is 6.92 Å². The predicted octanol–water partition coefficient (Wildman–Crippen LogP) is 3.94. The molecule has 2 aromatic heterocycles. The highest BCUT2D eigenvalue weighted by atomic mass is 16.5. The van der Waals surface area contributed by atoms with Crippen LogP contribution in [0.2, 0.25) is 0 Å². The standard InChI is InChI=1S/C19H23N3O2/c1-13-17-12-21-22-18(17)8-9-19(13)24-15-6-4-14(5-7-15)20-11-16-3-2-10-23-16/h2-3,8-10,12,14-15,20H,4-7,11H2,1H3,(H,21,22). The predicted molar refractivity (Wildman–Crippen MR) is 93.1 cm³/mol. The minimum atomic E-state index is 0.301. The van der Waals surface area contributed by atoms with E-state index in [4.69, 9.17) is 9.15 Å². The highest BCUT2D eigenvalue weighted by Crippen LogP contribution is 2.30. The number of aromatic amines is 1. The van der Waals surface area contributed by atoms with E-state index in [1.807, 2.05) is 24.4 Å². The van der Waals surface area contributed by atoms with E-state index in [2.05, 4.69) is 28.5 Å². The maximum atomic E-state index is 6.27. The van der Waals surface area contributed by atoms with Gasteiger partial charge in [-0.3, -0.25) is 5.10 Å². The van der Waals surface area contributed by atoms with Crippen LogP contribution in [0.3, 0.4) is 0 Å². The van der Waals surface area contributed by atoms with Gasteiger partial charge in [0.25, 0.3) is 0 Å². The summed E-state index contributed by atoms with van der Waals surface area (Å²) in [5, 5.41) is 11.8. The molecule has 0 bridgehead atoms. The summed E-state index contributed by atoms with van der Waals surface area (Å²) < 4.78 is 11.6. The maximum Gasteiger partial charge on any atom is 0.123 e. The van der Waals surface area contributed by atoms with Gasteiger partial charge in [0.15, 0.2) is 0 Å². The maximum absolute atomic E-state index is 6.27. The van der Waals surface area contributed by atoms with Crippen molar-refractivity contribution in [2.45, 2.75) is 51.3 Å². The zero-order valence-electron chi connectivity index (χ0n) is 13.9. The number of hydrogen-bond acceptors (Lipinski definition) is 4. The monoisotopic (exact) mass is 325 g/mol. The molecule has 0 radical (unpaired) electrons. The number of benzene rings is 1. The van der Waals surface area contributed by atoms with Gasteiger partial charge in [0.1, 0.15) is 11.5 Å². The third-order valence-electron chi connectivity index (χ3n) is 4.96. The van der Waals surface area contributed by atoms with Crippen LogP contribution in [0.25, 0.3) is 10.9 Å². The lowest BCUT2D eigenvalue weighted by molar-refractivity contribution is 0.138. The summed E-state index contributed by atoms with van der Waals surface area (Å²) in [6, 6.07) is 8.59. The molecule has 1 aromatic carbocycles. The lowest BCUT2D eigenvalue weighted by atomic mass is 9.93. The lowest BCUT2D eigenvalue weighted by Gasteiger charge is -2.30. The van der Waals surface area contributed by atoms with Crippen LogP contribution in [0.15, 0.2) is 41.1 Å². The first-order valence-corrected chi connectivity index (χ1v) is 8.64. The molecule has 5 heteroatoms. The van der Waals surface area contributed by atoms with Crippen molar-refractivity contribution in [2.75, 3.05) is 0 Å². The highest BCUT2D eigenvalue weighted by Gasteiger charge is 2.23. The SMILES string of the molecule is Cc1c(OC2CCC(NCc3ccco3)CC2)ccc2[nH]ncc12. The Labute approximate surface area is 141 Å². The molecule has 1 aliphatic rings. The Kier molecular flexibility index (Phi) is 4.26. The molecule has 4 rings (SSSR count). The molecule has 0 unspecified atom stereocenters. The summed E-state index contributed by atoms with van der Waals surface area (Å²) in [7, 11) is 0. The number of H-pyrrole nitrogens is 1. The van der Waals surface area contributed by atoms with Gasteiger partial charge >= 0.3 is 0 Å². The van der Waals surface area contributed by atoms with Crippen molar-refractivity contribution in [1.82, 2.24) is 15.5 Å². The van der Waals surface area contributed by atoms with Crippen LogP contribution >= 0.6 is 0 Å². The van der Waals surface area contributed by atoms with E-state index >= 15 is 0 Å². The van der Waals surface area contributed by atoms with Gasteiger partial charge in [-0.1, -0.05) is 0 Å². The molecule has 1 aliphatic carbocycles. The van der Waals surface area contributed by atoms with Crippen molar-refractivity contribution in [3.8, 4) is 5.75 Å². The Morgan fingerprint density at radius 2 is 2.12 bits per heavy atom. The third-order valence-corrected chi connectivity index (χ3v) is 4.96. The smallest absolute Gasteiger partial charge is 0.123 e. The topological polar surface area (TPSA) is 63.1 Å². The molecule has 126 valence electrons. The molecule has 24 heavy (non-hydrogen) atoms. The van der Waals surface area contributed by atoms with Crippen LogP contribution in [0.4, 0.5) is 0 Å². The van der Waals surface area contributed by atoms with Gasteiger partial charge in [0.05, 0.1) is 30.6 Å². The first kappa shape index (κ1) is 15.3. The van der Waals surface area contributed by atoms with Crippen molar-refractivity contribution < 1.29 is 9.15 Å². The Morgan fingerprint density at radius 3 is 2.92 bits per heavy atom. The molecule has 2 heterocycles. The van der Waals surface area contributed by atoms with Crippen LogP contribution in [-0.4, -0.2) is 22.3 Å². The van der Waals surface area contributed by atoms with Crippen molar-refractivity contribution in [2.24, 2.45) is 0 Å². The van der Waals surface area contributed by atoms with Crippen molar-refractivity contribution in [1.29, 1.82) is 0 Å². The van der Waals surface area contributed by atoms with E-state index in [1.54, 1.807) is 6.26 Å². The number of hydrogen-bond donors (Lipinski definition) is 2. The summed E-state index contributed by atoms with van der Waals surface area (Å²) >= 11 is 0. The molecule has 0 amide bonds. The van der Waals surface area contributed by atoms with Gasteiger partial charge in [-0.15, -0.1) is 0 Å². The molecule has 1 fully saturated rings. The van der Waals surface area contributed by atoms with Gasteiger partial charge in [0.2, 0.25) is 0 Å². The quantitative estimate of drug-likeness (QED) is 0.746. The lowest BCUT2D eigenvalue weighted by Crippen LogP contribution is -2.35. The van der Waals surface area contributed by atoms with Crippen LogP contribution in [0.5, 0.6) is 5.75 Å². The molecule has 0 saturated heterocycles. The normalized spacial score (nSPS) is 21.2. The second-order valence-corrected chi connectivity index (χ2v) is 6.57. The van der Waals surface area contributed by atoms with Crippen molar-refractivity contribution in [3.63, 3.8) is 0 Å². The fourth-order valence-electron chi connectivity index (χ4n) is 3.49. The number of nitrogens with one attached hydrogen (secondary N) is 2. The molecule has 2 N–H and O–H groups in total. The van der Waals surface area contributed by atoms with Gasteiger partial charge in [0, 0.05) is 17.0 Å². The number of fused-ring (bicyclic) bond motifs is 1. The molecule has 5 nitrogen and oxygen atoms in total. The van der Waals surface area contributed by atoms with Crippen LogP contribution < -0.4 is 10.1 Å². The van der Waals surface area contributed by atoms with E-state index in [1.165, 1.54) is 5.56 Å². The van der Waals surface area contributed by atoms with Gasteiger partial charge in [-0.2, -0.15) is 5.10 Å². The van der Waals surface area contributed by atoms with E-state index in [-0.39, 0.29) is 0 Å². The zero-order valence-corrected chi connectivity index (χ0v) is 13.9. The average molecular weight is 325 g/mol. The summed E-state index contributed by atoms with van der Waals surface area (Å²) in [4.78, 5) is 0. The summed E-state index contributed by atoms with van der Waals surface area (Å²) in [6.07, 6.45) is 8.33. The first-order valence-electron chi connectivity index (χ1n) is 8.64. The first-order chi connectivity index (χ1) is 11.8. The van der Waals surface area contributed by atoms with E-state index in [0.29, 0.717) is 12.1 Å². The highest BCUT2D eigenvalue weighted by molar-refractivity contribution is 5.83. The molecule has 0 atom stereocenters. The summed E-state index contributed by atoms with van der Waals surface area (Å²) in [6.45, 7) is 2.91. The van der Waals surface area contributed by atoms with Crippen molar-refractivity contribution >= 4 is 10.9 Å². The van der Waals surface area contributed by atoms with E-state index in [9.17, 15) is 0 Å². The molecule has 0 aliphatic heterocycles. The molecule has 0 spiro atoms. The molecule has 1 saturated carbocycles. The van der Waals surface area contributed by atoms with Gasteiger partial charge in [-0.25, -0.2) is 0 Å². The number of aromatic nitrogens is 2. The molecule has 3 aromatic rings. The minimum absolute atomic E-state index is 0.301. The molecular formula is C19H23N3O2. The Morgan fingerprint density at radius 1 is 1.25 bits per heavy atom. The number of aryl methyl sites for hydroxylation is 1. The largest absolute Gasteiger partial charge is 0.490 e. The Bertz CT molecular complexity index is 786. The fraction of sp³-hybridized carbons (Fsp3) is 0.421. The third kappa shape index (κ3) is 3.17. The second kappa shape index (κ2) is 6.69. The summed E-state index contributed by atoms with van der Waals surface area (Å²) in [5.74, 6) is 1.98. The van der Waals surface area contributed by atoms with Gasteiger partial charge < -0.3 is 14.5 Å². The number of ether oxygens (including phenoxy) is 1. The summed E-state index contributed by atoms with van der Waals surface area (Å²) in [5.41, 5.74) is 2.23. The average Bonchev–Trinajstić information content (AvgIpc) is 3.28. The van der Waals surface area contributed by atoms with E-state index in [0.717, 1.165) is 54.6 Å². The Balaban J connectivity index is 1.31. The zero-order chi connectivity index (χ0) is 16.4. The number of nitrogens with zero attached hydrogens (tertiary/aromatic N) is 1. The molecular weight excluding hydrogens is 302 g/mol. The van der Waals surface area contributed by atoms with Gasteiger partial charge in [-0.05, 0) is 56.9 Å². The minimum Gasteiger partial charge on any atom is -0.490 e. The second-order valence-electron chi connectivity index (χ2n) is 6.57. The Hall–Kier alpha value is -2.27. The van der Waals surface area contributed by atoms with Crippen molar-refractivity contribution in [3.05, 3.63) is 48.0 Å². The van der Waals surface area contributed by atoms with Crippen LogP contribution in [0.1, 0.15) is 37.0 Å². The van der Waals surface area contributed by atoms with Crippen LogP contribution in [-0.2, 0) is 6.54 Å².